The monoisotopic (exact) mass is 335 g/mol. The summed E-state index contributed by atoms with van der Waals surface area (Å²) in [6.07, 6.45) is 0.251. The second-order valence-electron chi connectivity index (χ2n) is 5.81. The molecule has 0 aromatic heterocycles. The molecule has 0 heterocycles. The van der Waals surface area contributed by atoms with Gasteiger partial charge in [-0.1, -0.05) is 36.4 Å². The lowest BCUT2D eigenvalue weighted by Crippen LogP contribution is -2.16. The molecule has 128 valence electrons. The maximum Gasteiger partial charge on any atom is 0.307 e. The minimum atomic E-state index is -0.251. The molecular weight excluding hydrogens is 314 g/mol. The van der Waals surface area contributed by atoms with Gasteiger partial charge in [-0.05, 0) is 46.7 Å². The second kappa shape index (κ2) is 7.71. The number of hydrogen-bond acceptors (Lipinski definition) is 4. The number of carbonyl (C=O) groups excluding carboxylic acids is 1. The first-order valence-corrected chi connectivity index (χ1v) is 8.15. The zero-order chi connectivity index (χ0) is 17.6. The van der Waals surface area contributed by atoms with E-state index in [0.717, 1.165) is 22.4 Å². The number of methoxy groups -OCH3 is 2. The van der Waals surface area contributed by atoms with Gasteiger partial charge in [-0.25, -0.2) is 0 Å². The zero-order valence-electron chi connectivity index (χ0n) is 14.4. The zero-order valence-corrected chi connectivity index (χ0v) is 14.4. The maximum absolute atomic E-state index is 11.9. The molecule has 0 fully saturated rings. The molecule has 0 unspecified atom stereocenters. The molecule has 3 aromatic carbocycles. The summed E-state index contributed by atoms with van der Waals surface area (Å²) in [4.78, 5) is 11.9. The SMILES string of the molecule is COC(=O)C[C@H](Nc1ccc(OC)cc1)c1ccc2ccccc2c1. The van der Waals surface area contributed by atoms with Gasteiger partial charge in [0.1, 0.15) is 5.75 Å². The molecule has 1 atom stereocenters. The second-order valence-corrected chi connectivity index (χ2v) is 5.81. The Morgan fingerprint density at radius 3 is 2.36 bits per heavy atom. The van der Waals surface area contributed by atoms with Crippen molar-refractivity contribution < 1.29 is 14.3 Å². The van der Waals surface area contributed by atoms with Crippen LogP contribution in [-0.4, -0.2) is 20.2 Å². The number of ether oxygens (including phenoxy) is 2. The fourth-order valence-corrected chi connectivity index (χ4v) is 2.82. The van der Waals surface area contributed by atoms with Crippen molar-refractivity contribution in [3.05, 3.63) is 72.3 Å². The Balaban J connectivity index is 1.90. The Labute approximate surface area is 147 Å². The molecule has 0 saturated heterocycles. The number of hydrogen-bond donors (Lipinski definition) is 1. The third-order valence-corrected chi connectivity index (χ3v) is 4.21. The fourth-order valence-electron chi connectivity index (χ4n) is 2.82. The highest BCUT2D eigenvalue weighted by Crippen LogP contribution is 2.27. The summed E-state index contributed by atoms with van der Waals surface area (Å²) < 4.78 is 10.1. The lowest BCUT2D eigenvalue weighted by atomic mass is 9.99. The molecule has 0 aliphatic rings. The summed E-state index contributed by atoms with van der Waals surface area (Å²) in [5, 5.41) is 5.74. The van der Waals surface area contributed by atoms with Crippen molar-refractivity contribution in [1.82, 2.24) is 0 Å². The number of fused-ring (bicyclic) bond motifs is 1. The molecule has 25 heavy (non-hydrogen) atoms. The first-order chi connectivity index (χ1) is 12.2. The third kappa shape index (κ3) is 4.10. The number of carbonyl (C=O) groups is 1. The van der Waals surface area contributed by atoms with Gasteiger partial charge in [0, 0.05) is 5.69 Å². The topological polar surface area (TPSA) is 47.6 Å². The van der Waals surface area contributed by atoms with E-state index in [1.165, 1.54) is 12.5 Å². The van der Waals surface area contributed by atoms with E-state index in [4.69, 9.17) is 9.47 Å². The normalized spacial score (nSPS) is 11.8. The summed E-state index contributed by atoms with van der Waals surface area (Å²) in [6.45, 7) is 0. The molecule has 0 amide bonds. The van der Waals surface area contributed by atoms with Gasteiger partial charge in [0.05, 0.1) is 26.7 Å². The van der Waals surface area contributed by atoms with Crippen LogP contribution in [0.15, 0.2) is 66.7 Å². The van der Waals surface area contributed by atoms with Crippen LogP contribution in [0.2, 0.25) is 0 Å². The Morgan fingerprint density at radius 1 is 0.960 bits per heavy atom. The van der Waals surface area contributed by atoms with Crippen molar-refractivity contribution in [1.29, 1.82) is 0 Å². The molecule has 0 aliphatic carbocycles. The maximum atomic E-state index is 11.9. The number of anilines is 1. The minimum absolute atomic E-state index is 0.176. The van der Waals surface area contributed by atoms with E-state index in [-0.39, 0.29) is 18.4 Å². The molecular formula is C21H21NO3. The highest BCUT2D eigenvalue weighted by Gasteiger charge is 2.17. The van der Waals surface area contributed by atoms with Crippen LogP contribution in [-0.2, 0) is 9.53 Å². The van der Waals surface area contributed by atoms with Gasteiger partial charge in [-0.2, -0.15) is 0 Å². The van der Waals surface area contributed by atoms with Crippen LogP contribution in [0.25, 0.3) is 10.8 Å². The van der Waals surface area contributed by atoms with Gasteiger partial charge < -0.3 is 14.8 Å². The number of esters is 1. The number of benzene rings is 3. The van der Waals surface area contributed by atoms with Gasteiger partial charge in [0.2, 0.25) is 0 Å². The van der Waals surface area contributed by atoms with Crippen molar-refractivity contribution in [3.63, 3.8) is 0 Å². The predicted octanol–water partition coefficient (Wildman–Crippen LogP) is 4.56. The van der Waals surface area contributed by atoms with E-state index in [9.17, 15) is 4.79 Å². The van der Waals surface area contributed by atoms with Gasteiger partial charge in [0.15, 0.2) is 0 Å². The molecule has 0 bridgehead atoms. The molecule has 0 spiro atoms. The van der Waals surface area contributed by atoms with Crippen LogP contribution in [0, 0.1) is 0 Å². The Bertz CT molecular complexity index is 858. The molecule has 0 saturated carbocycles. The average Bonchev–Trinajstić information content (AvgIpc) is 2.67. The van der Waals surface area contributed by atoms with E-state index in [2.05, 4.69) is 29.6 Å². The van der Waals surface area contributed by atoms with E-state index >= 15 is 0 Å². The molecule has 3 rings (SSSR count). The Hall–Kier alpha value is -3.01. The molecule has 3 aromatic rings. The minimum Gasteiger partial charge on any atom is -0.497 e. The number of rotatable bonds is 6. The molecule has 4 nitrogen and oxygen atoms in total. The summed E-state index contributed by atoms with van der Waals surface area (Å²) in [5.74, 6) is 0.542. The van der Waals surface area contributed by atoms with Crippen molar-refractivity contribution >= 4 is 22.4 Å². The Morgan fingerprint density at radius 2 is 1.68 bits per heavy atom. The van der Waals surface area contributed by atoms with Crippen LogP contribution in [0.5, 0.6) is 5.75 Å². The van der Waals surface area contributed by atoms with Crippen LogP contribution < -0.4 is 10.1 Å². The third-order valence-electron chi connectivity index (χ3n) is 4.21. The van der Waals surface area contributed by atoms with Crippen LogP contribution in [0.3, 0.4) is 0 Å². The van der Waals surface area contributed by atoms with Gasteiger partial charge in [-0.15, -0.1) is 0 Å². The predicted molar refractivity (Wildman–Crippen MR) is 99.9 cm³/mol. The standard InChI is InChI=1S/C21H21NO3/c1-24-19-11-9-18(10-12-19)22-20(14-21(23)25-2)17-8-7-15-5-3-4-6-16(15)13-17/h3-13,20,22H,14H2,1-2H3/t20-/m0/s1. The summed E-state index contributed by atoms with van der Waals surface area (Å²) in [6, 6.07) is 21.9. The summed E-state index contributed by atoms with van der Waals surface area (Å²) >= 11 is 0. The van der Waals surface area contributed by atoms with Crippen molar-refractivity contribution in [2.24, 2.45) is 0 Å². The van der Waals surface area contributed by atoms with Crippen molar-refractivity contribution in [2.75, 3.05) is 19.5 Å². The summed E-state index contributed by atoms with van der Waals surface area (Å²) in [5.41, 5.74) is 1.96. The van der Waals surface area contributed by atoms with Gasteiger partial charge in [0.25, 0.3) is 0 Å². The van der Waals surface area contributed by atoms with E-state index < -0.39 is 0 Å². The van der Waals surface area contributed by atoms with E-state index in [1.807, 2.05) is 42.5 Å². The largest absolute Gasteiger partial charge is 0.497 e. The molecule has 0 radical (unpaired) electrons. The van der Waals surface area contributed by atoms with Crippen LogP contribution in [0.4, 0.5) is 5.69 Å². The highest BCUT2D eigenvalue weighted by atomic mass is 16.5. The van der Waals surface area contributed by atoms with Crippen LogP contribution >= 0.6 is 0 Å². The van der Waals surface area contributed by atoms with Crippen molar-refractivity contribution in [3.8, 4) is 5.75 Å². The van der Waals surface area contributed by atoms with E-state index in [1.54, 1.807) is 7.11 Å². The lowest BCUT2D eigenvalue weighted by Gasteiger charge is -2.20. The van der Waals surface area contributed by atoms with Crippen LogP contribution in [0.1, 0.15) is 18.0 Å². The first-order valence-electron chi connectivity index (χ1n) is 8.15. The molecule has 0 aliphatic heterocycles. The summed E-state index contributed by atoms with van der Waals surface area (Å²) in [7, 11) is 3.05. The molecule has 1 N–H and O–H groups in total. The fraction of sp³-hybridized carbons (Fsp3) is 0.190. The smallest absolute Gasteiger partial charge is 0.307 e. The average molecular weight is 335 g/mol. The highest BCUT2D eigenvalue weighted by molar-refractivity contribution is 5.83. The lowest BCUT2D eigenvalue weighted by molar-refractivity contribution is -0.140. The first kappa shape index (κ1) is 16.8. The van der Waals surface area contributed by atoms with Gasteiger partial charge >= 0.3 is 5.97 Å². The van der Waals surface area contributed by atoms with E-state index in [0.29, 0.717) is 0 Å². The molecule has 4 heteroatoms. The van der Waals surface area contributed by atoms with Crippen molar-refractivity contribution in [2.45, 2.75) is 12.5 Å². The quantitative estimate of drug-likeness (QED) is 0.671. The Kier molecular flexibility index (Phi) is 5.19. The number of nitrogens with one attached hydrogen (secondary N) is 1. The van der Waals surface area contributed by atoms with Gasteiger partial charge in [-0.3, -0.25) is 4.79 Å².